The maximum atomic E-state index is 14.7. The molecule has 0 spiro atoms. The molecule has 1 aliphatic carbocycles. The number of carbonyl (C=O) groups is 3. The molecule has 1 heterocycles. The molecule has 3 rings (SSSR count). The average molecular weight is 435 g/mol. The molecule has 0 saturated heterocycles. The van der Waals surface area contributed by atoms with E-state index in [2.05, 4.69) is 0 Å². The van der Waals surface area contributed by atoms with Crippen LogP contribution < -0.4 is 0 Å². The van der Waals surface area contributed by atoms with E-state index in [-0.39, 0.29) is 36.5 Å². The van der Waals surface area contributed by atoms with Crippen molar-refractivity contribution in [1.82, 2.24) is 0 Å². The van der Waals surface area contributed by atoms with E-state index in [4.69, 9.17) is 16.3 Å². The van der Waals surface area contributed by atoms with Crippen LogP contribution in [0.2, 0.25) is 5.02 Å². The molecule has 0 aromatic heterocycles. The molecule has 1 fully saturated rings. The topological polar surface area (TPSA) is 94.6 Å². The molecule has 152 valence electrons. The van der Waals surface area contributed by atoms with Gasteiger partial charge in [0.15, 0.2) is 27.2 Å². The third kappa shape index (κ3) is 3.62. The van der Waals surface area contributed by atoms with Crippen molar-refractivity contribution in [3.8, 4) is 0 Å². The molecular weight excluding hydrogens is 418 g/mol. The summed E-state index contributed by atoms with van der Waals surface area (Å²) in [5.74, 6) is -5.33. The van der Waals surface area contributed by atoms with Gasteiger partial charge < -0.3 is 4.74 Å². The van der Waals surface area contributed by atoms with Crippen LogP contribution >= 0.6 is 11.6 Å². The van der Waals surface area contributed by atoms with E-state index in [1.54, 1.807) is 0 Å². The molecule has 0 radical (unpaired) electrons. The lowest BCUT2D eigenvalue weighted by Crippen LogP contribution is -2.36. The Hall–Kier alpha value is -1.71. The largest absolute Gasteiger partial charge is 0.371 e. The Kier molecular flexibility index (Phi) is 5.97. The molecule has 6 nitrogen and oxygen atoms in total. The first-order valence-electron chi connectivity index (χ1n) is 8.71. The summed E-state index contributed by atoms with van der Waals surface area (Å²) >= 11 is 6.26. The van der Waals surface area contributed by atoms with Crippen LogP contribution in [0.4, 0.5) is 8.78 Å². The number of rotatable bonds is 5. The fourth-order valence-corrected chi connectivity index (χ4v) is 5.70. The maximum Gasteiger partial charge on any atom is 0.182 e. The maximum absolute atomic E-state index is 14.7. The van der Waals surface area contributed by atoms with E-state index >= 15 is 0 Å². The number of halogens is 3. The number of ether oxygens (including phenoxy) is 1. The van der Waals surface area contributed by atoms with Crippen LogP contribution in [0, 0.1) is 11.7 Å². The van der Waals surface area contributed by atoms with Crippen molar-refractivity contribution in [2.45, 2.75) is 36.7 Å². The number of Topliss-reactive ketones (excluding diaryl/α,β-unsaturated/α-hetero) is 3. The molecule has 1 aliphatic heterocycles. The van der Waals surface area contributed by atoms with Crippen molar-refractivity contribution in [2.75, 3.05) is 19.0 Å². The van der Waals surface area contributed by atoms with Gasteiger partial charge in [0.05, 0.1) is 23.5 Å². The van der Waals surface area contributed by atoms with Gasteiger partial charge in [0, 0.05) is 24.0 Å². The van der Waals surface area contributed by atoms with Gasteiger partial charge in [-0.1, -0.05) is 11.6 Å². The molecule has 0 amide bonds. The van der Waals surface area contributed by atoms with Crippen LogP contribution in [0.1, 0.15) is 47.7 Å². The van der Waals surface area contributed by atoms with Gasteiger partial charge in [0.1, 0.15) is 23.3 Å². The Morgan fingerprint density at radius 3 is 2.50 bits per heavy atom. The van der Waals surface area contributed by atoms with Crippen LogP contribution in [-0.2, 0) is 24.2 Å². The molecule has 1 aromatic carbocycles. The van der Waals surface area contributed by atoms with E-state index < -0.39 is 67.9 Å². The molecule has 10 heteroatoms. The van der Waals surface area contributed by atoms with Gasteiger partial charge in [-0.05, 0) is 18.9 Å². The summed E-state index contributed by atoms with van der Waals surface area (Å²) in [5.41, 5.74) is -0.710. The molecule has 28 heavy (non-hydrogen) atoms. The fraction of sp³-hybridized carbons (Fsp3) is 0.500. The van der Waals surface area contributed by atoms with Crippen molar-refractivity contribution in [1.29, 1.82) is 0 Å². The minimum atomic E-state index is -4.02. The van der Waals surface area contributed by atoms with Gasteiger partial charge in [0.2, 0.25) is 0 Å². The summed E-state index contributed by atoms with van der Waals surface area (Å²) in [6.07, 6.45) is -0.687. The number of carbonyl (C=O) groups excluding carboxylic acids is 3. The fourth-order valence-electron chi connectivity index (χ4n) is 3.63. The van der Waals surface area contributed by atoms with Gasteiger partial charge in [0.25, 0.3) is 0 Å². The first-order chi connectivity index (χ1) is 13.2. The predicted octanol–water partition coefficient (Wildman–Crippen LogP) is 2.80. The lowest BCUT2D eigenvalue weighted by Gasteiger charge is -2.28. The number of benzene rings is 1. The Morgan fingerprint density at radius 2 is 1.89 bits per heavy atom. The lowest BCUT2D eigenvalue weighted by molar-refractivity contribution is -0.133. The third-order valence-corrected chi connectivity index (χ3v) is 7.12. The highest BCUT2D eigenvalue weighted by Gasteiger charge is 2.41. The van der Waals surface area contributed by atoms with Crippen molar-refractivity contribution >= 4 is 38.8 Å². The molecule has 1 unspecified atom stereocenters. The zero-order chi connectivity index (χ0) is 20.6. The number of fused-ring (bicyclic) bond motifs is 1. The van der Waals surface area contributed by atoms with E-state index in [1.165, 1.54) is 0 Å². The van der Waals surface area contributed by atoms with Crippen molar-refractivity contribution < 1.29 is 36.3 Å². The van der Waals surface area contributed by atoms with Crippen LogP contribution in [0.25, 0.3) is 0 Å². The highest BCUT2D eigenvalue weighted by Crippen LogP contribution is 2.43. The van der Waals surface area contributed by atoms with Gasteiger partial charge in [-0.15, -0.1) is 0 Å². The first-order valence-corrected chi connectivity index (χ1v) is 10.7. The number of hydrogen-bond acceptors (Lipinski definition) is 6. The Bertz CT molecular complexity index is 943. The standard InChI is InChI=1S/C18H17ClF2O6S/c19-16-9(17(24)14-11(22)2-1-3-12(14)23)8-10(21)18-15(16)13(27-6-5-20)4-7-28(18,25)26/h8,13-14H,1-7H2. The number of ketones is 3. The Morgan fingerprint density at radius 1 is 1.25 bits per heavy atom. The molecule has 0 N–H and O–H groups in total. The Balaban J connectivity index is 2.15. The zero-order valence-electron chi connectivity index (χ0n) is 14.7. The lowest BCUT2D eigenvalue weighted by atomic mass is 9.81. The van der Waals surface area contributed by atoms with E-state index in [9.17, 15) is 31.6 Å². The Labute approximate surface area is 165 Å². The van der Waals surface area contributed by atoms with Gasteiger partial charge in [-0.25, -0.2) is 17.2 Å². The summed E-state index contributed by atoms with van der Waals surface area (Å²) in [6.45, 7) is -1.21. The van der Waals surface area contributed by atoms with Gasteiger partial charge in [-0.3, -0.25) is 14.4 Å². The second-order valence-electron chi connectivity index (χ2n) is 6.70. The monoisotopic (exact) mass is 434 g/mol. The first kappa shape index (κ1) is 21.0. The number of alkyl halides is 1. The van der Waals surface area contributed by atoms with E-state index in [1.807, 2.05) is 0 Å². The number of sulfone groups is 1. The van der Waals surface area contributed by atoms with Crippen molar-refractivity contribution in [3.05, 3.63) is 28.0 Å². The SMILES string of the molecule is O=C1CCCC(=O)C1C(=O)c1cc(F)c2c(c1Cl)C(OCCF)CCS2(=O)=O. The van der Waals surface area contributed by atoms with Crippen LogP contribution in [0.5, 0.6) is 0 Å². The summed E-state index contributed by atoms with van der Waals surface area (Å²) < 4.78 is 57.2. The quantitative estimate of drug-likeness (QED) is 0.522. The predicted molar refractivity (Wildman–Crippen MR) is 94.4 cm³/mol. The van der Waals surface area contributed by atoms with Gasteiger partial charge >= 0.3 is 0 Å². The molecule has 1 atom stereocenters. The summed E-state index contributed by atoms with van der Waals surface area (Å²) in [6, 6.07) is 0.647. The molecular formula is C18H17ClF2O6S. The molecule has 0 bridgehead atoms. The number of hydrogen-bond donors (Lipinski definition) is 0. The average Bonchev–Trinajstić information content (AvgIpc) is 2.62. The van der Waals surface area contributed by atoms with Gasteiger partial charge in [-0.2, -0.15) is 0 Å². The summed E-state index contributed by atoms with van der Waals surface area (Å²) in [4.78, 5) is 36.3. The minimum absolute atomic E-state index is 0.0454. The normalized spacial score (nSPS) is 22.2. The zero-order valence-corrected chi connectivity index (χ0v) is 16.2. The van der Waals surface area contributed by atoms with Crippen molar-refractivity contribution in [2.24, 2.45) is 5.92 Å². The van der Waals surface area contributed by atoms with Crippen LogP contribution in [0.3, 0.4) is 0 Å². The summed E-state index contributed by atoms with van der Waals surface area (Å²) in [7, 11) is -4.02. The second kappa shape index (κ2) is 7.96. The second-order valence-corrected chi connectivity index (χ2v) is 9.13. The van der Waals surface area contributed by atoms with E-state index in [0.29, 0.717) is 12.5 Å². The highest BCUT2D eigenvalue weighted by molar-refractivity contribution is 7.91. The third-order valence-electron chi connectivity index (χ3n) is 4.90. The molecule has 1 aromatic rings. The van der Waals surface area contributed by atoms with E-state index in [0.717, 1.165) is 0 Å². The minimum Gasteiger partial charge on any atom is -0.371 e. The summed E-state index contributed by atoms with van der Waals surface area (Å²) in [5, 5.41) is -0.389. The smallest absolute Gasteiger partial charge is 0.182 e. The van der Waals surface area contributed by atoms with Crippen molar-refractivity contribution in [3.63, 3.8) is 0 Å². The highest BCUT2D eigenvalue weighted by atomic mass is 35.5. The van der Waals surface area contributed by atoms with Crippen LogP contribution in [-0.4, -0.2) is 44.8 Å². The molecule has 2 aliphatic rings. The molecule has 1 saturated carbocycles. The van der Waals surface area contributed by atoms with Crippen LogP contribution in [0.15, 0.2) is 11.0 Å².